The van der Waals surface area contributed by atoms with Crippen molar-refractivity contribution in [3.05, 3.63) is 34.1 Å². The zero-order chi connectivity index (χ0) is 15.7. The van der Waals surface area contributed by atoms with Crippen LogP contribution in [0.5, 0.6) is 0 Å². The maximum atomic E-state index is 5.61. The summed E-state index contributed by atoms with van der Waals surface area (Å²) in [5.74, 6) is 0.849. The van der Waals surface area contributed by atoms with Crippen LogP contribution >= 0.6 is 12.2 Å². The van der Waals surface area contributed by atoms with Gasteiger partial charge in [-0.1, -0.05) is 25.1 Å². The van der Waals surface area contributed by atoms with E-state index in [-0.39, 0.29) is 0 Å². The van der Waals surface area contributed by atoms with Gasteiger partial charge in [-0.3, -0.25) is 0 Å². The lowest BCUT2D eigenvalue weighted by Gasteiger charge is -2.26. The van der Waals surface area contributed by atoms with Gasteiger partial charge >= 0.3 is 0 Å². The predicted molar refractivity (Wildman–Crippen MR) is 88.8 cm³/mol. The quantitative estimate of drug-likeness (QED) is 0.876. The number of likely N-dealkylation sites (tertiary alicyclic amines) is 1. The third kappa shape index (κ3) is 2.98. The molecule has 1 aliphatic heterocycles. The van der Waals surface area contributed by atoms with Crippen LogP contribution in [0.1, 0.15) is 30.9 Å². The zero-order valence-electron chi connectivity index (χ0n) is 13.5. The number of aromatic nitrogens is 4. The summed E-state index contributed by atoms with van der Waals surface area (Å²) in [4.78, 5) is 1.54. The Kier molecular flexibility index (Phi) is 4.40. The number of quaternary nitrogens is 1. The van der Waals surface area contributed by atoms with Crippen LogP contribution in [0.25, 0.3) is 5.69 Å². The van der Waals surface area contributed by atoms with Gasteiger partial charge in [-0.25, -0.2) is 0 Å². The first-order valence-corrected chi connectivity index (χ1v) is 8.40. The fraction of sp³-hybridized carbons (Fsp3) is 0.562. The Bertz CT molecular complexity index is 689. The predicted octanol–water partition coefficient (Wildman–Crippen LogP) is 1.69. The molecule has 2 heterocycles. The second kappa shape index (κ2) is 6.30. The molecule has 1 N–H and O–H groups in total. The summed E-state index contributed by atoms with van der Waals surface area (Å²) in [6.07, 6.45) is 2.57. The Hall–Kier alpha value is -1.53. The van der Waals surface area contributed by atoms with Crippen LogP contribution in [0.4, 0.5) is 0 Å². The van der Waals surface area contributed by atoms with Crippen LogP contribution < -0.4 is 4.90 Å². The molecular weight excluding hydrogens is 294 g/mol. The molecule has 0 radical (unpaired) electrons. The Labute approximate surface area is 136 Å². The van der Waals surface area contributed by atoms with Gasteiger partial charge in [0.25, 0.3) is 0 Å². The molecule has 0 atom stereocenters. The lowest BCUT2D eigenvalue weighted by molar-refractivity contribution is -0.929. The number of tetrazole rings is 1. The van der Waals surface area contributed by atoms with Crippen LogP contribution in [-0.4, -0.2) is 32.9 Å². The number of para-hydroxylation sites is 1. The number of nitrogens with zero attached hydrogens (tertiary/aromatic N) is 4. The van der Waals surface area contributed by atoms with Crippen molar-refractivity contribution < 1.29 is 4.90 Å². The molecule has 5 nitrogen and oxygen atoms in total. The maximum Gasteiger partial charge on any atom is 0.225 e. The van der Waals surface area contributed by atoms with Crippen molar-refractivity contribution in [1.82, 2.24) is 19.8 Å². The number of hydrogen-bond acceptors (Lipinski definition) is 3. The van der Waals surface area contributed by atoms with Crippen molar-refractivity contribution >= 4 is 12.2 Å². The van der Waals surface area contributed by atoms with E-state index in [1.165, 1.54) is 37.1 Å². The highest BCUT2D eigenvalue weighted by Crippen LogP contribution is 2.17. The molecule has 1 aromatic heterocycles. The summed E-state index contributed by atoms with van der Waals surface area (Å²) in [6.45, 7) is 9.70. The third-order valence-corrected chi connectivity index (χ3v) is 5.03. The smallest absolute Gasteiger partial charge is 0.225 e. The molecule has 1 fully saturated rings. The summed E-state index contributed by atoms with van der Waals surface area (Å²) in [6, 6.07) is 6.22. The molecule has 0 bridgehead atoms. The van der Waals surface area contributed by atoms with Gasteiger partial charge in [0.15, 0.2) is 6.67 Å². The minimum Gasteiger partial charge on any atom is -0.316 e. The van der Waals surface area contributed by atoms with Crippen molar-refractivity contribution in [2.24, 2.45) is 5.92 Å². The number of nitrogens with one attached hydrogen (secondary N) is 1. The summed E-state index contributed by atoms with van der Waals surface area (Å²) in [5.41, 5.74) is 3.39. The van der Waals surface area contributed by atoms with Crippen molar-refractivity contribution in [1.29, 1.82) is 0 Å². The molecule has 6 heteroatoms. The molecule has 0 aliphatic carbocycles. The molecule has 0 saturated carbocycles. The average molecular weight is 318 g/mol. The van der Waals surface area contributed by atoms with Crippen molar-refractivity contribution in [2.75, 3.05) is 13.1 Å². The van der Waals surface area contributed by atoms with E-state index < -0.39 is 0 Å². The van der Waals surface area contributed by atoms with E-state index in [9.17, 15) is 0 Å². The molecule has 0 spiro atoms. The second-order valence-electron chi connectivity index (χ2n) is 6.50. The molecular formula is C16H24N5S+. The topological polar surface area (TPSA) is 40.1 Å². The van der Waals surface area contributed by atoms with E-state index in [0.717, 1.165) is 18.3 Å². The minimum atomic E-state index is 0.684. The van der Waals surface area contributed by atoms with Gasteiger partial charge in [-0.05, 0) is 66.4 Å². The Morgan fingerprint density at radius 1 is 1.18 bits per heavy atom. The first-order chi connectivity index (χ1) is 10.6. The van der Waals surface area contributed by atoms with Crippen molar-refractivity contribution in [2.45, 2.75) is 40.3 Å². The molecule has 118 valence electrons. The zero-order valence-corrected chi connectivity index (χ0v) is 14.4. The van der Waals surface area contributed by atoms with Crippen LogP contribution in [0, 0.1) is 24.5 Å². The molecule has 0 amide bonds. The summed E-state index contributed by atoms with van der Waals surface area (Å²) in [5, 5.41) is 8.59. The highest BCUT2D eigenvalue weighted by atomic mass is 32.1. The molecule has 3 rings (SSSR count). The van der Waals surface area contributed by atoms with E-state index in [1.807, 2.05) is 4.68 Å². The van der Waals surface area contributed by atoms with Crippen LogP contribution in [0.3, 0.4) is 0 Å². The molecule has 1 aromatic carbocycles. The van der Waals surface area contributed by atoms with Crippen molar-refractivity contribution in [3.63, 3.8) is 0 Å². The summed E-state index contributed by atoms with van der Waals surface area (Å²) < 4.78 is 4.35. The summed E-state index contributed by atoms with van der Waals surface area (Å²) in [7, 11) is 0. The first-order valence-electron chi connectivity index (χ1n) is 7.99. The van der Waals surface area contributed by atoms with Crippen molar-refractivity contribution in [3.8, 4) is 5.69 Å². The second-order valence-corrected chi connectivity index (χ2v) is 6.87. The number of hydrogen-bond donors (Lipinski definition) is 1. The maximum absolute atomic E-state index is 5.61. The Morgan fingerprint density at radius 3 is 2.45 bits per heavy atom. The van der Waals surface area contributed by atoms with Gasteiger partial charge in [-0.2, -0.15) is 9.36 Å². The van der Waals surface area contributed by atoms with Gasteiger partial charge in [0, 0.05) is 0 Å². The third-order valence-electron chi connectivity index (χ3n) is 4.65. The first kappa shape index (κ1) is 15.4. The van der Waals surface area contributed by atoms with Gasteiger partial charge in [0.1, 0.15) is 0 Å². The van der Waals surface area contributed by atoms with E-state index in [0.29, 0.717) is 4.77 Å². The molecule has 1 saturated heterocycles. The minimum absolute atomic E-state index is 0.684. The fourth-order valence-corrected chi connectivity index (χ4v) is 3.42. The van der Waals surface area contributed by atoms with E-state index >= 15 is 0 Å². The number of piperidine rings is 1. The summed E-state index contributed by atoms with van der Waals surface area (Å²) >= 11 is 5.61. The fourth-order valence-electron chi connectivity index (χ4n) is 3.19. The Morgan fingerprint density at radius 2 is 1.82 bits per heavy atom. The average Bonchev–Trinajstić information content (AvgIpc) is 2.83. The van der Waals surface area contributed by atoms with Gasteiger partial charge in [0.05, 0.1) is 18.8 Å². The van der Waals surface area contributed by atoms with E-state index in [2.05, 4.69) is 49.4 Å². The van der Waals surface area contributed by atoms with Crippen LogP contribution in [0.2, 0.25) is 0 Å². The Balaban J connectivity index is 1.85. The van der Waals surface area contributed by atoms with Gasteiger partial charge < -0.3 is 4.90 Å². The van der Waals surface area contributed by atoms with Crippen LogP contribution in [-0.2, 0) is 6.67 Å². The monoisotopic (exact) mass is 318 g/mol. The normalized spacial score (nSPS) is 22.0. The van der Waals surface area contributed by atoms with E-state index in [4.69, 9.17) is 12.2 Å². The van der Waals surface area contributed by atoms with Gasteiger partial charge in [-0.15, -0.1) is 0 Å². The van der Waals surface area contributed by atoms with E-state index in [1.54, 1.807) is 9.58 Å². The number of aryl methyl sites for hydroxylation is 2. The lowest BCUT2D eigenvalue weighted by atomic mass is 10.00. The number of rotatable bonds is 3. The van der Waals surface area contributed by atoms with Gasteiger partial charge in [0.2, 0.25) is 4.77 Å². The molecule has 2 aromatic rings. The standard InChI is InChI=1S/C16H23N5S/c1-12-7-9-19(10-8-12)11-20-16(22)21(18-17-20)15-13(2)5-4-6-14(15)3/h4-6,12H,7-11H2,1-3H3/p+1. The molecule has 0 unspecified atom stereocenters. The largest absolute Gasteiger partial charge is 0.316 e. The molecule has 22 heavy (non-hydrogen) atoms. The SMILES string of the molecule is Cc1cccc(C)c1-n1nnn(C[NH+]2CCC(C)CC2)c1=S. The highest BCUT2D eigenvalue weighted by Gasteiger charge is 2.20. The number of benzene rings is 1. The lowest BCUT2D eigenvalue weighted by Crippen LogP contribution is -3.12. The molecule has 1 aliphatic rings. The highest BCUT2D eigenvalue weighted by molar-refractivity contribution is 7.71. The van der Waals surface area contributed by atoms with Crippen LogP contribution in [0.15, 0.2) is 18.2 Å².